The number of nitrogens with one attached hydrogen (secondary N) is 1. The smallest absolute Gasteiger partial charge is 0.264 e. The standard InChI is InChI=1S/C32H43N5O4S/c1-21(2)14-27(37(7)26-16-25(17-26)36(5)6)20-41-30-18-29(31-22(3)10-8-11-23(31)4)33-32(34-30)35-42(39,40)28-13-9-12-24(15-28)19-38/h8-13,15,18-19,21,25-27H,14,16-17,20H2,1-7H3,(H,33,34,35)/t25-,26+,27-/m1/s1. The lowest BCUT2D eigenvalue weighted by atomic mass is 9.83. The molecule has 1 aliphatic rings. The fourth-order valence-electron chi connectivity index (χ4n) is 5.51. The summed E-state index contributed by atoms with van der Waals surface area (Å²) in [4.78, 5) is 25.0. The summed E-state index contributed by atoms with van der Waals surface area (Å²) >= 11 is 0. The SMILES string of the molecule is Cc1cccc(C)c1-c1cc(OC[C@@H](CC(C)C)N(C)[C@H]2C[C@@H](N(C)C)C2)nc(NS(=O)(=O)c2cccc(C=O)c2)n1. The fraction of sp³-hybridized carbons (Fsp3) is 0.469. The third-order valence-electron chi connectivity index (χ3n) is 8.11. The molecule has 1 heterocycles. The van der Waals surface area contributed by atoms with Crippen LogP contribution in [0.25, 0.3) is 11.3 Å². The van der Waals surface area contributed by atoms with Crippen molar-refractivity contribution in [3.63, 3.8) is 0 Å². The Kier molecular flexibility index (Phi) is 10.0. The Morgan fingerprint density at radius 1 is 1.00 bits per heavy atom. The van der Waals surface area contributed by atoms with Gasteiger partial charge in [0.05, 0.1) is 10.6 Å². The fourth-order valence-corrected chi connectivity index (χ4v) is 6.51. The van der Waals surface area contributed by atoms with Gasteiger partial charge in [0.1, 0.15) is 12.9 Å². The summed E-state index contributed by atoms with van der Waals surface area (Å²) in [5.41, 5.74) is 3.73. The minimum Gasteiger partial charge on any atom is -0.476 e. The summed E-state index contributed by atoms with van der Waals surface area (Å²) in [7, 11) is 2.36. The molecule has 2 aromatic carbocycles. The molecule has 0 unspecified atom stereocenters. The highest BCUT2D eigenvalue weighted by Crippen LogP contribution is 2.32. The summed E-state index contributed by atoms with van der Waals surface area (Å²) in [6.07, 6.45) is 3.82. The van der Waals surface area contributed by atoms with E-state index in [9.17, 15) is 13.2 Å². The molecule has 226 valence electrons. The number of carbonyl (C=O) groups is 1. The summed E-state index contributed by atoms with van der Waals surface area (Å²) < 4.78 is 35.4. The van der Waals surface area contributed by atoms with E-state index in [1.54, 1.807) is 12.1 Å². The molecule has 0 radical (unpaired) electrons. The Labute approximate surface area is 250 Å². The zero-order chi connectivity index (χ0) is 30.6. The van der Waals surface area contributed by atoms with Crippen molar-refractivity contribution in [1.82, 2.24) is 19.8 Å². The minimum atomic E-state index is -4.06. The summed E-state index contributed by atoms with van der Waals surface area (Å²) in [5.74, 6) is 0.679. The van der Waals surface area contributed by atoms with Crippen molar-refractivity contribution in [2.45, 2.75) is 70.0 Å². The molecule has 1 N–H and O–H groups in total. The number of carbonyl (C=O) groups excluding carboxylic acids is 1. The molecule has 4 rings (SSSR count). The van der Waals surface area contributed by atoms with E-state index < -0.39 is 10.0 Å². The lowest BCUT2D eigenvalue weighted by Gasteiger charge is -2.47. The second-order valence-electron chi connectivity index (χ2n) is 12.0. The molecule has 1 aliphatic carbocycles. The maximum Gasteiger partial charge on any atom is 0.264 e. The molecule has 0 amide bonds. The van der Waals surface area contributed by atoms with Crippen LogP contribution < -0.4 is 9.46 Å². The van der Waals surface area contributed by atoms with E-state index in [4.69, 9.17) is 4.74 Å². The van der Waals surface area contributed by atoms with Gasteiger partial charge in [0.15, 0.2) is 0 Å². The first-order chi connectivity index (χ1) is 19.9. The van der Waals surface area contributed by atoms with Gasteiger partial charge in [0.2, 0.25) is 11.8 Å². The molecule has 0 saturated heterocycles. The van der Waals surface area contributed by atoms with E-state index >= 15 is 0 Å². The number of ether oxygens (including phenoxy) is 1. The first-order valence-electron chi connectivity index (χ1n) is 14.4. The normalized spacial score (nSPS) is 17.8. The molecule has 1 aromatic heterocycles. The number of nitrogens with zero attached hydrogens (tertiary/aromatic N) is 4. The van der Waals surface area contributed by atoms with Gasteiger partial charge < -0.3 is 9.64 Å². The molecule has 1 atom stereocenters. The first-order valence-corrected chi connectivity index (χ1v) is 15.9. The van der Waals surface area contributed by atoms with Crippen LogP contribution in [0.2, 0.25) is 0 Å². The molecular weight excluding hydrogens is 550 g/mol. The lowest BCUT2D eigenvalue weighted by molar-refractivity contribution is 0.0213. The van der Waals surface area contributed by atoms with Crippen molar-refractivity contribution in [2.24, 2.45) is 5.92 Å². The van der Waals surface area contributed by atoms with Gasteiger partial charge >= 0.3 is 0 Å². The number of benzene rings is 2. The number of rotatable bonds is 13. The molecule has 42 heavy (non-hydrogen) atoms. The van der Waals surface area contributed by atoms with E-state index in [2.05, 4.69) is 59.5 Å². The van der Waals surface area contributed by atoms with E-state index in [0.717, 1.165) is 36.0 Å². The third kappa shape index (κ3) is 7.53. The molecule has 9 nitrogen and oxygen atoms in total. The Hall–Kier alpha value is -3.34. The molecule has 1 fully saturated rings. The van der Waals surface area contributed by atoms with Gasteiger partial charge in [-0.15, -0.1) is 0 Å². The van der Waals surface area contributed by atoms with Crippen LogP contribution in [-0.2, 0) is 10.0 Å². The van der Waals surface area contributed by atoms with Crippen LogP contribution in [0.5, 0.6) is 5.88 Å². The van der Waals surface area contributed by atoms with Crippen molar-refractivity contribution in [1.29, 1.82) is 0 Å². The average Bonchev–Trinajstić information content (AvgIpc) is 2.89. The number of anilines is 1. The van der Waals surface area contributed by atoms with Gasteiger partial charge in [-0.1, -0.05) is 44.2 Å². The van der Waals surface area contributed by atoms with Crippen molar-refractivity contribution >= 4 is 22.3 Å². The summed E-state index contributed by atoms with van der Waals surface area (Å²) in [6.45, 7) is 8.81. The Bertz CT molecular complexity index is 1480. The van der Waals surface area contributed by atoms with Gasteiger partial charge in [0, 0.05) is 35.3 Å². The summed E-state index contributed by atoms with van der Waals surface area (Å²) in [5, 5.41) is 0. The van der Waals surface area contributed by atoms with Crippen LogP contribution in [0.3, 0.4) is 0 Å². The van der Waals surface area contributed by atoms with Crippen LogP contribution in [0.15, 0.2) is 53.4 Å². The van der Waals surface area contributed by atoms with Gasteiger partial charge in [0.25, 0.3) is 10.0 Å². The number of hydrogen-bond donors (Lipinski definition) is 1. The molecule has 1 saturated carbocycles. The summed E-state index contributed by atoms with van der Waals surface area (Å²) in [6, 6.07) is 14.8. The zero-order valence-electron chi connectivity index (χ0n) is 25.7. The second-order valence-corrected chi connectivity index (χ2v) is 13.7. The first kappa shape index (κ1) is 31.6. The zero-order valence-corrected chi connectivity index (χ0v) is 26.5. The van der Waals surface area contributed by atoms with E-state index in [1.807, 2.05) is 32.0 Å². The van der Waals surface area contributed by atoms with E-state index in [-0.39, 0.29) is 22.4 Å². The average molecular weight is 594 g/mol. The van der Waals surface area contributed by atoms with Crippen LogP contribution in [0.1, 0.15) is 54.6 Å². The largest absolute Gasteiger partial charge is 0.476 e. The molecule has 0 bridgehead atoms. The quantitative estimate of drug-likeness (QED) is 0.270. The second kappa shape index (κ2) is 13.3. The van der Waals surface area contributed by atoms with Crippen molar-refractivity contribution in [3.8, 4) is 17.1 Å². The third-order valence-corrected chi connectivity index (χ3v) is 9.43. The highest BCUT2D eigenvalue weighted by molar-refractivity contribution is 7.92. The van der Waals surface area contributed by atoms with Crippen LogP contribution >= 0.6 is 0 Å². The van der Waals surface area contributed by atoms with Gasteiger partial charge in [-0.05, 0) is 83.4 Å². The maximum atomic E-state index is 13.3. The Morgan fingerprint density at radius 3 is 2.29 bits per heavy atom. The predicted molar refractivity (Wildman–Crippen MR) is 167 cm³/mol. The van der Waals surface area contributed by atoms with Crippen molar-refractivity contribution in [2.75, 3.05) is 32.5 Å². The topological polar surface area (TPSA) is 105 Å². The number of aromatic nitrogens is 2. The predicted octanol–water partition coefficient (Wildman–Crippen LogP) is 5.19. The number of aryl methyl sites for hydroxylation is 2. The molecule has 10 heteroatoms. The van der Waals surface area contributed by atoms with Crippen LogP contribution in [0, 0.1) is 19.8 Å². The van der Waals surface area contributed by atoms with Crippen LogP contribution in [0.4, 0.5) is 5.95 Å². The van der Waals surface area contributed by atoms with Gasteiger partial charge in [-0.3, -0.25) is 9.69 Å². The highest BCUT2D eigenvalue weighted by Gasteiger charge is 2.36. The van der Waals surface area contributed by atoms with Gasteiger partial charge in [-0.25, -0.2) is 18.1 Å². The lowest BCUT2D eigenvalue weighted by Crippen LogP contribution is -2.55. The van der Waals surface area contributed by atoms with E-state index in [0.29, 0.717) is 42.5 Å². The maximum absolute atomic E-state index is 13.3. The number of sulfonamides is 1. The van der Waals surface area contributed by atoms with Crippen LogP contribution in [-0.4, -0.2) is 80.3 Å². The number of aldehydes is 1. The molecule has 0 aliphatic heterocycles. The Balaban J connectivity index is 1.64. The molecule has 3 aromatic rings. The van der Waals surface area contributed by atoms with E-state index in [1.165, 1.54) is 18.2 Å². The molecular formula is C32H43N5O4S. The highest BCUT2D eigenvalue weighted by atomic mass is 32.2. The Morgan fingerprint density at radius 2 is 1.67 bits per heavy atom. The van der Waals surface area contributed by atoms with Crippen molar-refractivity contribution in [3.05, 3.63) is 65.2 Å². The monoisotopic (exact) mass is 593 g/mol. The molecule has 0 spiro atoms. The van der Waals surface area contributed by atoms with Gasteiger partial charge in [-0.2, -0.15) is 4.98 Å². The number of hydrogen-bond acceptors (Lipinski definition) is 8. The minimum absolute atomic E-state index is 0.0502. The number of likely N-dealkylation sites (N-methyl/N-ethyl adjacent to an activating group) is 1. The van der Waals surface area contributed by atoms with Crippen molar-refractivity contribution < 1.29 is 17.9 Å².